The molecule has 1 aliphatic rings. The molecule has 0 unspecified atom stereocenters. The summed E-state index contributed by atoms with van der Waals surface area (Å²) in [4.78, 5) is 0. The van der Waals surface area contributed by atoms with Gasteiger partial charge in [0.1, 0.15) is 5.75 Å². The molecule has 2 aromatic carbocycles. The van der Waals surface area contributed by atoms with Crippen molar-refractivity contribution >= 4 is 11.8 Å². The third-order valence-corrected chi connectivity index (χ3v) is 6.84. The minimum atomic E-state index is 0.133. The van der Waals surface area contributed by atoms with Crippen LogP contribution < -0.4 is 4.74 Å². The maximum absolute atomic E-state index is 8.91. The molecule has 1 aromatic heterocycles. The Morgan fingerprint density at radius 3 is 2.34 bits per heavy atom. The molecule has 32 heavy (non-hydrogen) atoms. The lowest BCUT2D eigenvalue weighted by Gasteiger charge is -2.20. The van der Waals surface area contributed by atoms with Gasteiger partial charge < -0.3 is 4.74 Å². The largest absolute Gasteiger partial charge is 0.493 e. The maximum atomic E-state index is 8.91. The van der Waals surface area contributed by atoms with Crippen LogP contribution in [0, 0.1) is 11.3 Å². The first-order valence-corrected chi connectivity index (χ1v) is 12.3. The zero-order valence-electron chi connectivity index (χ0n) is 19.0. The van der Waals surface area contributed by atoms with Gasteiger partial charge in [-0.15, -0.1) is 10.2 Å². The van der Waals surface area contributed by atoms with E-state index < -0.39 is 0 Å². The molecule has 1 saturated carbocycles. The maximum Gasteiger partial charge on any atom is 0.191 e. The van der Waals surface area contributed by atoms with Crippen LogP contribution in [0.3, 0.4) is 0 Å². The van der Waals surface area contributed by atoms with E-state index in [1.54, 1.807) is 23.9 Å². The number of ether oxygens (including phenoxy) is 1. The number of hydrogen-bond donors (Lipinski definition) is 0. The first-order valence-electron chi connectivity index (χ1n) is 11.3. The van der Waals surface area contributed by atoms with E-state index >= 15 is 0 Å². The monoisotopic (exact) mass is 446 g/mol. The van der Waals surface area contributed by atoms with E-state index in [2.05, 4.69) is 65.9 Å². The third-order valence-electron chi connectivity index (χ3n) is 5.93. The fourth-order valence-electron chi connectivity index (χ4n) is 4.10. The van der Waals surface area contributed by atoms with Crippen molar-refractivity contribution in [3.63, 3.8) is 0 Å². The highest BCUT2D eigenvalue weighted by molar-refractivity contribution is 7.99. The second kappa shape index (κ2) is 9.79. The lowest BCUT2D eigenvalue weighted by molar-refractivity contribution is 0.343. The van der Waals surface area contributed by atoms with Crippen LogP contribution in [0.2, 0.25) is 0 Å². The van der Waals surface area contributed by atoms with Crippen LogP contribution in [0.25, 0.3) is 11.4 Å². The molecule has 0 aliphatic heterocycles. The van der Waals surface area contributed by atoms with Gasteiger partial charge in [0.2, 0.25) is 0 Å². The fourth-order valence-corrected chi connectivity index (χ4v) is 4.92. The van der Waals surface area contributed by atoms with Gasteiger partial charge in [-0.3, -0.25) is 4.57 Å². The molecule has 0 amide bonds. The van der Waals surface area contributed by atoms with Gasteiger partial charge in [-0.1, -0.05) is 69.6 Å². The van der Waals surface area contributed by atoms with E-state index in [0.717, 1.165) is 28.0 Å². The van der Waals surface area contributed by atoms with Gasteiger partial charge in [0, 0.05) is 17.4 Å². The van der Waals surface area contributed by atoms with Crippen LogP contribution in [-0.4, -0.2) is 27.1 Å². The Kier molecular flexibility index (Phi) is 6.86. The summed E-state index contributed by atoms with van der Waals surface area (Å²) in [5.74, 6) is 2.53. The number of thioether (sulfide) groups is 1. The van der Waals surface area contributed by atoms with Gasteiger partial charge in [0.05, 0.1) is 18.2 Å². The Balaban J connectivity index is 1.47. The highest BCUT2D eigenvalue weighted by Gasteiger charge is 2.25. The first kappa shape index (κ1) is 22.4. The van der Waals surface area contributed by atoms with E-state index in [1.807, 2.05) is 12.1 Å². The van der Waals surface area contributed by atoms with E-state index in [-0.39, 0.29) is 5.41 Å². The first-order chi connectivity index (χ1) is 15.5. The average molecular weight is 447 g/mol. The molecule has 0 bridgehead atoms. The number of nitrogens with zero attached hydrogens (tertiary/aromatic N) is 4. The molecule has 5 nitrogen and oxygen atoms in total. The predicted octanol–water partition coefficient (Wildman–Crippen LogP) is 6.40. The number of benzene rings is 2. The Labute approximate surface area is 194 Å². The van der Waals surface area contributed by atoms with Crippen LogP contribution in [0.5, 0.6) is 5.75 Å². The van der Waals surface area contributed by atoms with Gasteiger partial charge in [-0.25, -0.2) is 0 Å². The smallest absolute Gasteiger partial charge is 0.191 e. The highest BCUT2D eigenvalue weighted by atomic mass is 32.2. The lowest BCUT2D eigenvalue weighted by Crippen LogP contribution is -2.11. The molecule has 4 rings (SSSR count). The summed E-state index contributed by atoms with van der Waals surface area (Å²) in [6, 6.07) is 18.6. The summed E-state index contributed by atoms with van der Waals surface area (Å²) >= 11 is 1.70. The molecule has 0 saturated heterocycles. The van der Waals surface area contributed by atoms with E-state index in [1.165, 1.54) is 31.2 Å². The van der Waals surface area contributed by atoms with Crippen molar-refractivity contribution < 1.29 is 4.74 Å². The molecule has 1 aliphatic carbocycles. The molecule has 166 valence electrons. The standard InChI is InChI=1S/C26H30N4OS/c1-26(2,3)21-12-10-20(11-13-21)24-28-29-25(30(24)22-6-4-5-7-22)32-17-16-31-23-14-8-19(18-27)9-15-23/h8-15,22H,4-7,16-17H2,1-3H3. The minimum Gasteiger partial charge on any atom is -0.493 e. The van der Waals surface area contributed by atoms with Gasteiger partial charge >= 0.3 is 0 Å². The minimum absolute atomic E-state index is 0.133. The van der Waals surface area contributed by atoms with Crippen molar-refractivity contribution in [1.29, 1.82) is 5.26 Å². The van der Waals surface area contributed by atoms with Crippen molar-refractivity contribution in [2.24, 2.45) is 0 Å². The molecular weight excluding hydrogens is 416 g/mol. The van der Waals surface area contributed by atoms with Gasteiger partial charge in [0.25, 0.3) is 0 Å². The normalized spacial score (nSPS) is 14.4. The molecule has 1 fully saturated rings. The number of hydrogen-bond acceptors (Lipinski definition) is 5. The summed E-state index contributed by atoms with van der Waals surface area (Å²) in [7, 11) is 0. The summed E-state index contributed by atoms with van der Waals surface area (Å²) in [6.07, 6.45) is 4.88. The van der Waals surface area contributed by atoms with E-state index in [4.69, 9.17) is 10.00 Å². The topological polar surface area (TPSA) is 63.7 Å². The Morgan fingerprint density at radius 2 is 1.72 bits per heavy atom. The van der Waals surface area contributed by atoms with Crippen molar-refractivity contribution in [3.05, 3.63) is 59.7 Å². The molecule has 0 spiro atoms. The van der Waals surface area contributed by atoms with Crippen LogP contribution in [0.1, 0.15) is 63.6 Å². The summed E-state index contributed by atoms with van der Waals surface area (Å²) in [5, 5.41) is 19.0. The fraction of sp³-hybridized carbons (Fsp3) is 0.423. The quantitative estimate of drug-likeness (QED) is 0.310. The van der Waals surface area contributed by atoms with Crippen molar-refractivity contribution in [1.82, 2.24) is 14.8 Å². The molecular formula is C26H30N4OS. The SMILES string of the molecule is CC(C)(C)c1ccc(-c2nnc(SCCOc3ccc(C#N)cc3)n2C2CCCC2)cc1. The number of aromatic nitrogens is 3. The Morgan fingerprint density at radius 1 is 1.03 bits per heavy atom. The third kappa shape index (κ3) is 5.16. The summed E-state index contributed by atoms with van der Waals surface area (Å²) in [5.41, 5.74) is 3.22. The molecule has 1 heterocycles. The molecule has 6 heteroatoms. The zero-order valence-corrected chi connectivity index (χ0v) is 19.9. The number of rotatable bonds is 7. The van der Waals surface area contributed by atoms with Crippen molar-refractivity contribution in [2.75, 3.05) is 12.4 Å². The highest BCUT2D eigenvalue weighted by Crippen LogP contribution is 2.37. The van der Waals surface area contributed by atoms with Gasteiger partial charge in [0.15, 0.2) is 11.0 Å². The van der Waals surface area contributed by atoms with Crippen LogP contribution in [0.15, 0.2) is 53.7 Å². The number of nitriles is 1. The van der Waals surface area contributed by atoms with Gasteiger partial charge in [-0.05, 0) is 48.1 Å². The Bertz CT molecular complexity index is 1070. The molecule has 3 aromatic rings. The molecule has 0 atom stereocenters. The van der Waals surface area contributed by atoms with E-state index in [9.17, 15) is 0 Å². The van der Waals surface area contributed by atoms with E-state index in [0.29, 0.717) is 18.2 Å². The second-order valence-electron chi connectivity index (χ2n) is 9.27. The summed E-state index contributed by atoms with van der Waals surface area (Å²) < 4.78 is 8.19. The predicted molar refractivity (Wildman–Crippen MR) is 129 cm³/mol. The Hall–Kier alpha value is -2.78. The van der Waals surface area contributed by atoms with Crippen LogP contribution in [0.4, 0.5) is 0 Å². The van der Waals surface area contributed by atoms with Crippen LogP contribution in [-0.2, 0) is 5.41 Å². The zero-order chi connectivity index (χ0) is 22.6. The van der Waals surface area contributed by atoms with Gasteiger partial charge in [-0.2, -0.15) is 5.26 Å². The van der Waals surface area contributed by atoms with Crippen molar-refractivity contribution in [3.8, 4) is 23.2 Å². The molecule has 0 N–H and O–H groups in total. The van der Waals surface area contributed by atoms with Crippen molar-refractivity contribution in [2.45, 2.75) is 63.1 Å². The lowest BCUT2D eigenvalue weighted by atomic mass is 9.86. The van der Waals surface area contributed by atoms with Crippen LogP contribution >= 0.6 is 11.8 Å². The average Bonchev–Trinajstić information content (AvgIpc) is 3.46. The summed E-state index contributed by atoms with van der Waals surface area (Å²) in [6.45, 7) is 7.27. The second-order valence-corrected chi connectivity index (χ2v) is 10.3. The molecule has 0 radical (unpaired) electrons.